The van der Waals surface area contributed by atoms with Gasteiger partial charge in [-0.25, -0.2) is 0 Å². The van der Waals surface area contributed by atoms with Crippen molar-refractivity contribution in [3.05, 3.63) is 28.8 Å². The third kappa shape index (κ3) is 3.57. The summed E-state index contributed by atoms with van der Waals surface area (Å²) in [6.45, 7) is 1.85. The summed E-state index contributed by atoms with van der Waals surface area (Å²) < 4.78 is 37.7. The van der Waals surface area contributed by atoms with Crippen LogP contribution in [0.5, 0.6) is 0 Å². The van der Waals surface area contributed by atoms with E-state index in [4.69, 9.17) is 18.0 Å². The first-order chi connectivity index (χ1) is 7.88. The molecule has 1 aromatic carbocycles. The Labute approximate surface area is 103 Å². The topological polar surface area (TPSA) is 12.0 Å². The molecular weight excluding hydrogens is 251 g/mol. The van der Waals surface area contributed by atoms with Crippen LogP contribution in [-0.4, -0.2) is 6.04 Å². The van der Waals surface area contributed by atoms with Gasteiger partial charge in [0.1, 0.15) is 0 Å². The lowest BCUT2D eigenvalue weighted by Gasteiger charge is -2.15. The smallest absolute Gasteiger partial charge is 0.372 e. The highest BCUT2D eigenvalue weighted by atomic mass is 35.5. The molecule has 0 radical (unpaired) electrons. The maximum Gasteiger partial charge on any atom is 0.417 e. The lowest BCUT2D eigenvalue weighted by molar-refractivity contribution is -0.137. The highest BCUT2D eigenvalue weighted by Gasteiger charge is 2.33. The van der Waals surface area contributed by atoms with Gasteiger partial charge in [0, 0.05) is 5.69 Å². The fourth-order valence-electron chi connectivity index (χ4n) is 1.30. The van der Waals surface area contributed by atoms with Gasteiger partial charge in [0.05, 0.1) is 16.6 Å². The van der Waals surface area contributed by atoms with Crippen LogP contribution in [0.3, 0.4) is 0 Å². The largest absolute Gasteiger partial charge is 0.417 e. The number of hydrogen-bond acceptors (Lipinski definition) is 1. The zero-order chi connectivity index (χ0) is 13.1. The molecule has 1 unspecified atom stereocenters. The van der Waals surface area contributed by atoms with E-state index < -0.39 is 11.7 Å². The molecule has 17 heavy (non-hydrogen) atoms. The Hall–Kier alpha value is -1.34. The Morgan fingerprint density at radius 1 is 1.47 bits per heavy atom. The molecule has 0 fully saturated rings. The summed E-state index contributed by atoms with van der Waals surface area (Å²) in [5.41, 5.74) is -0.553. The van der Waals surface area contributed by atoms with Crippen LogP contribution in [0.4, 0.5) is 18.9 Å². The molecule has 0 aliphatic heterocycles. The van der Waals surface area contributed by atoms with Gasteiger partial charge in [0.2, 0.25) is 0 Å². The van der Waals surface area contributed by atoms with Gasteiger partial charge < -0.3 is 5.32 Å². The number of nitrogens with one attached hydrogen (secondary N) is 1. The minimum Gasteiger partial charge on any atom is -0.372 e. The number of benzene rings is 1. The molecule has 0 aliphatic rings. The van der Waals surface area contributed by atoms with Crippen LogP contribution in [0.1, 0.15) is 18.9 Å². The molecule has 1 aromatic rings. The van der Waals surface area contributed by atoms with E-state index in [9.17, 15) is 13.2 Å². The molecule has 0 bridgehead atoms. The number of anilines is 1. The summed E-state index contributed by atoms with van der Waals surface area (Å²) >= 11 is 5.50. The summed E-state index contributed by atoms with van der Waals surface area (Å²) in [6, 6.07) is 3.34. The molecule has 92 valence electrons. The van der Waals surface area contributed by atoms with Gasteiger partial charge >= 0.3 is 6.18 Å². The van der Waals surface area contributed by atoms with Crippen LogP contribution in [0.15, 0.2) is 18.2 Å². The highest BCUT2D eigenvalue weighted by Crippen LogP contribution is 2.36. The maximum absolute atomic E-state index is 12.6. The molecule has 0 spiro atoms. The van der Waals surface area contributed by atoms with Crippen molar-refractivity contribution in [2.45, 2.75) is 25.6 Å². The second-order valence-corrected chi connectivity index (χ2v) is 3.87. The van der Waals surface area contributed by atoms with E-state index in [0.717, 1.165) is 6.07 Å². The van der Waals surface area contributed by atoms with Crippen LogP contribution in [-0.2, 0) is 6.18 Å². The van der Waals surface area contributed by atoms with Gasteiger partial charge in [-0.15, -0.1) is 6.42 Å². The lowest BCUT2D eigenvalue weighted by Crippen LogP contribution is -2.16. The lowest BCUT2D eigenvalue weighted by atomic mass is 10.1. The van der Waals surface area contributed by atoms with Gasteiger partial charge in [0.25, 0.3) is 0 Å². The van der Waals surface area contributed by atoms with Crippen molar-refractivity contribution in [2.75, 3.05) is 5.32 Å². The molecule has 0 heterocycles. The fourth-order valence-corrected chi connectivity index (χ4v) is 1.52. The van der Waals surface area contributed by atoms with E-state index in [2.05, 4.69) is 11.2 Å². The Balaban J connectivity index is 3.02. The van der Waals surface area contributed by atoms with E-state index in [0.29, 0.717) is 12.1 Å². The predicted octanol–water partition coefficient (Wildman–Crippen LogP) is 4.18. The number of rotatable bonds is 3. The van der Waals surface area contributed by atoms with Crippen molar-refractivity contribution >= 4 is 17.3 Å². The van der Waals surface area contributed by atoms with E-state index >= 15 is 0 Å². The Morgan fingerprint density at radius 3 is 2.59 bits per heavy atom. The summed E-state index contributed by atoms with van der Waals surface area (Å²) in [7, 11) is 0. The van der Waals surface area contributed by atoms with E-state index in [1.54, 1.807) is 0 Å². The molecule has 0 saturated heterocycles. The van der Waals surface area contributed by atoms with E-state index in [1.165, 1.54) is 12.1 Å². The minimum atomic E-state index is -4.47. The summed E-state index contributed by atoms with van der Waals surface area (Å²) in [5.74, 6) is 2.45. The van der Waals surface area contributed by atoms with E-state index in [-0.39, 0.29) is 11.1 Å². The van der Waals surface area contributed by atoms with Crippen LogP contribution in [0.2, 0.25) is 5.02 Å². The molecule has 1 N–H and O–H groups in total. The first kappa shape index (κ1) is 13.7. The van der Waals surface area contributed by atoms with E-state index in [1.807, 2.05) is 6.92 Å². The second kappa shape index (κ2) is 5.33. The van der Waals surface area contributed by atoms with Crippen LogP contribution in [0.25, 0.3) is 0 Å². The molecule has 1 atom stereocenters. The predicted molar refractivity (Wildman–Crippen MR) is 63.0 cm³/mol. The fraction of sp³-hybridized carbons (Fsp3) is 0.333. The average molecular weight is 262 g/mol. The molecule has 1 rings (SSSR count). The zero-order valence-corrected chi connectivity index (χ0v) is 9.86. The molecule has 0 saturated carbocycles. The maximum atomic E-state index is 12.6. The second-order valence-electron chi connectivity index (χ2n) is 3.46. The Bertz CT molecular complexity index is 434. The Morgan fingerprint density at radius 2 is 2.12 bits per heavy atom. The van der Waals surface area contributed by atoms with Crippen molar-refractivity contribution in [1.82, 2.24) is 0 Å². The number of terminal acetylenes is 1. The van der Waals surface area contributed by atoms with Gasteiger partial charge in [-0.1, -0.05) is 24.4 Å². The van der Waals surface area contributed by atoms with Crippen molar-refractivity contribution < 1.29 is 13.2 Å². The molecule has 5 heteroatoms. The SMILES string of the molecule is C#CC(CC)Nc1ccc(Cl)c(C(F)(F)F)c1. The van der Waals surface area contributed by atoms with Gasteiger partial charge in [-0.2, -0.15) is 13.2 Å². The molecule has 0 amide bonds. The van der Waals surface area contributed by atoms with Crippen molar-refractivity contribution in [3.8, 4) is 12.3 Å². The van der Waals surface area contributed by atoms with Crippen molar-refractivity contribution in [2.24, 2.45) is 0 Å². The third-order valence-corrected chi connectivity index (χ3v) is 2.55. The Kier molecular flexibility index (Phi) is 4.30. The highest BCUT2D eigenvalue weighted by molar-refractivity contribution is 6.31. The number of alkyl halides is 3. The zero-order valence-electron chi connectivity index (χ0n) is 9.11. The number of hydrogen-bond donors (Lipinski definition) is 1. The van der Waals surface area contributed by atoms with Crippen LogP contribution in [0, 0.1) is 12.3 Å². The molecule has 1 nitrogen and oxygen atoms in total. The molecule has 0 aromatic heterocycles. The van der Waals surface area contributed by atoms with Gasteiger partial charge in [-0.3, -0.25) is 0 Å². The average Bonchev–Trinajstić information content (AvgIpc) is 2.26. The quantitative estimate of drug-likeness (QED) is 0.805. The van der Waals surface area contributed by atoms with Crippen LogP contribution >= 0.6 is 11.6 Å². The van der Waals surface area contributed by atoms with Gasteiger partial charge in [-0.05, 0) is 24.6 Å². The molecular formula is C12H11ClF3N. The van der Waals surface area contributed by atoms with Crippen molar-refractivity contribution in [3.63, 3.8) is 0 Å². The van der Waals surface area contributed by atoms with Gasteiger partial charge in [0.15, 0.2) is 0 Å². The minimum absolute atomic E-state index is 0.294. The summed E-state index contributed by atoms with van der Waals surface area (Å²) in [5, 5.41) is 2.50. The monoisotopic (exact) mass is 261 g/mol. The first-order valence-electron chi connectivity index (χ1n) is 4.98. The standard InChI is InChI=1S/C12H11ClF3N/c1-3-8(4-2)17-9-5-6-11(13)10(7-9)12(14,15)16/h1,5-8,17H,4H2,2H3. The van der Waals surface area contributed by atoms with Crippen molar-refractivity contribution in [1.29, 1.82) is 0 Å². The van der Waals surface area contributed by atoms with Crippen LogP contribution < -0.4 is 5.32 Å². The normalized spacial score (nSPS) is 12.9. The summed E-state index contributed by atoms with van der Waals surface area (Å²) in [6.07, 6.45) is 1.38. The first-order valence-corrected chi connectivity index (χ1v) is 5.35. The third-order valence-electron chi connectivity index (χ3n) is 2.22. The molecule has 0 aliphatic carbocycles. The summed E-state index contributed by atoms with van der Waals surface area (Å²) in [4.78, 5) is 0. The number of halogens is 4.